The third-order valence-corrected chi connectivity index (χ3v) is 13.7. The largest absolute Gasteiger partial charge is 0.549 e. The molecule has 0 aliphatic heterocycles. The summed E-state index contributed by atoms with van der Waals surface area (Å²) in [6, 6.07) is 10.4. The average molecular weight is 459 g/mol. The summed E-state index contributed by atoms with van der Waals surface area (Å²) in [5.74, 6) is 1.89. The van der Waals surface area contributed by atoms with Crippen molar-refractivity contribution in [3.63, 3.8) is 0 Å². The Bertz CT molecular complexity index is 802. The molecule has 0 fully saturated rings. The van der Waals surface area contributed by atoms with Crippen LogP contribution in [-0.2, 0) is 13.6 Å². The van der Waals surface area contributed by atoms with Gasteiger partial charge in [-0.1, -0.05) is 65.0 Å². The number of carbonyl (C=O) groups is 1. The molecule has 1 aliphatic carbocycles. The van der Waals surface area contributed by atoms with Crippen molar-refractivity contribution in [2.75, 3.05) is 0 Å². The molecule has 0 radical (unpaired) electrons. The predicted molar refractivity (Wildman–Crippen MR) is 136 cm³/mol. The molecule has 0 bridgehead atoms. The van der Waals surface area contributed by atoms with Crippen molar-refractivity contribution < 1.29 is 13.6 Å². The quantitative estimate of drug-likeness (QED) is 0.333. The molecule has 0 spiro atoms. The van der Waals surface area contributed by atoms with Gasteiger partial charge in [-0.15, -0.1) is 0 Å². The van der Waals surface area contributed by atoms with Crippen LogP contribution >= 0.6 is 0 Å². The van der Waals surface area contributed by atoms with E-state index in [2.05, 4.69) is 97.2 Å². The SMILES string of the molecule is CC(C)[C@@H]1CC(=O)CC(O[Si](C)(C)c2ccccc2)=C[C@@H]1/C=C/O[Si](C)(C)C(C)(C)C. The fourth-order valence-electron chi connectivity index (χ4n) is 3.71. The Hall–Kier alpha value is -1.60. The summed E-state index contributed by atoms with van der Waals surface area (Å²) in [5, 5.41) is 1.39. The first kappa shape index (κ1) is 25.7. The van der Waals surface area contributed by atoms with E-state index in [0.717, 1.165) is 5.76 Å². The number of rotatable bonds is 7. The standard InChI is InChI=1S/C26H42O3Si2/c1-20(2)25-19-22(27)18-23(29-30(6,7)24-13-11-10-12-14-24)17-21(25)15-16-28-31(8,9)26(3,4)5/h10-17,20-21,25H,18-19H2,1-9H3/b16-15+/t21-,25-/m0/s1. The first-order valence-electron chi connectivity index (χ1n) is 11.5. The van der Waals surface area contributed by atoms with Crippen molar-refractivity contribution >= 4 is 27.6 Å². The molecular formula is C26H42O3Si2. The van der Waals surface area contributed by atoms with Crippen LogP contribution < -0.4 is 5.19 Å². The van der Waals surface area contributed by atoms with Gasteiger partial charge >= 0.3 is 0 Å². The van der Waals surface area contributed by atoms with Gasteiger partial charge in [0.15, 0.2) is 0 Å². The normalized spacial score (nSPS) is 21.2. The van der Waals surface area contributed by atoms with Crippen molar-refractivity contribution in [3.8, 4) is 0 Å². The molecule has 1 aromatic carbocycles. The number of benzene rings is 1. The number of hydrogen-bond acceptors (Lipinski definition) is 3. The molecule has 172 valence electrons. The minimum atomic E-state index is -2.15. The van der Waals surface area contributed by atoms with Crippen LogP contribution in [0.5, 0.6) is 0 Å². The van der Waals surface area contributed by atoms with Gasteiger partial charge in [0.2, 0.25) is 8.32 Å². The maximum Gasteiger partial charge on any atom is 0.276 e. The van der Waals surface area contributed by atoms with Crippen molar-refractivity contribution in [1.82, 2.24) is 0 Å². The van der Waals surface area contributed by atoms with Crippen LogP contribution in [0.3, 0.4) is 0 Å². The van der Waals surface area contributed by atoms with E-state index in [9.17, 15) is 4.79 Å². The zero-order valence-electron chi connectivity index (χ0n) is 21.0. The van der Waals surface area contributed by atoms with Crippen molar-refractivity contribution in [2.45, 2.75) is 78.7 Å². The molecule has 0 amide bonds. The first-order chi connectivity index (χ1) is 14.2. The topological polar surface area (TPSA) is 35.5 Å². The summed E-state index contributed by atoms with van der Waals surface area (Å²) in [5.41, 5.74) is 0. The van der Waals surface area contributed by atoms with E-state index in [1.54, 1.807) is 0 Å². The van der Waals surface area contributed by atoms with Crippen LogP contribution in [0, 0.1) is 17.8 Å². The van der Waals surface area contributed by atoms with Gasteiger partial charge in [-0.3, -0.25) is 4.79 Å². The number of allylic oxidation sites excluding steroid dienone is 3. The van der Waals surface area contributed by atoms with E-state index in [0.29, 0.717) is 18.8 Å². The van der Waals surface area contributed by atoms with Crippen LogP contribution in [0.25, 0.3) is 0 Å². The maximum absolute atomic E-state index is 12.8. The Balaban J connectivity index is 2.31. The van der Waals surface area contributed by atoms with Crippen LogP contribution in [0.2, 0.25) is 31.2 Å². The summed E-state index contributed by atoms with van der Waals surface area (Å²) in [6.45, 7) is 20.1. The minimum absolute atomic E-state index is 0.131. The molecule has 0 aromatic heterocycles. The van der Waals surface area contributed by atoms with Gasteiger partial charge in [-0.2, -0.15) is 0 Å². The molecule has 2 atom stereocenters. The summed E-state index contributed by atoms with van der Waals surface area (Å²) in [6.07, 6.45) is 7.23. The van der Waals surface area contributed by atoms with Gasteiger partial charge in [-0.25, -0.2) is 0 Å². The smallest absolute Gasteiger partial charge is 0.276 e. The summed E-state index contributed by atoms with van der Waals surface area (Å²) in [7, 11) is -4.02. The van der Waals surface area contributed by atoms with Crippen LogP contribution in [0.4, 0.5) is 0 Å². The Morgan fingerprint density at radius 2 is 1.68 bits per heavy atom. The lowest BCUT2D eigenvalue weighted by Crippen LogP contribution is -2.44. The lowest BCUT2D eigenvalue weighted by Gasteiger charge is -2.35. The molecule has 31 heavy (non-hydrogen) atoms. The van der Waals surface area contributed by atoms with Crippen LogP contribution in [0.1, 0.15) is 47.5 Å². The van der Waals surface area contributed by atoms with Crippen molar-refractivity contribution in [1.29, 1.82) is 0 Å². The molecule has 0 heterocycles. The summed E-state index contributed by atoms with van der Waals surface area (Å²) >= 11 is 0. The summed E-state index contributed by atoms with van der Waals surface area (Å²) < 4.78 is 12.9. The predicted octanol–water partition coefficient (Wildman–Crippen LogP) is 6.79. The molecule has 0 saturated heterocycles. The van der Waals surface area contributed by atoms with E-state index in [1.807, 2.05) is 12.3 Å². The second-order valence-electron chi connectivity index (χ2n) is 11.2. The van der Waals surface area contributed by atoms with Gasteiger partial charge in [0.05, 0.1) is 18.4 Å². The molecule has 2 rings (SSSR count). The summed E-state index contributed by atoms with van der Waals surface area (Å²) in [4.78, 5) is 12.8. The highest BCUT2D eigenvalue weighted by Crippen LogP contribution is 2.38. The van der Waals surface area contributed by atoms with Gasteiger partial charge < -0.3 is 8.85 Å². The third kappa shape index (κ3) is 6.94. The van der Waals surface area contributed by atoms with Gasteiger partial charge in [0, 0.05) is 12.3 Å². The van der Waals surface area contributed by atoms with Crippen LogP contribution in [-0.4, -0.2) is 22.4 Å². The number of carbonyl (C=O) groups excluding carboxylic acids is 1. The molecule has 5 heteroatoms. The van der Waals surface area contributed by atoms with E-state index >= 15 is 0 Å². The van der Waals surface area contributed by atoms with Gasteiger partial charge in [0.1, 0.15) is 5.78 Å². The van der Waals surface area contributed by atoms with Crippen molar-refractivity contribution in [2.24, 2.45) is 17.8 Å². The Morgan fingerprint density at radius 3 is 2.23 bits per heavy atom. The first-order valence-corrected chi connectivity index (χ1v) is 17.4. The number of hydrogen-bond donors (Lipinski definition) is 0. The average Bonchev–Trinajstić information content (AvgIpc) is 2.79. The fraction of sp³-hybridized carbons (Fsp3) is 0.577. The zero-order chi connectivity index (χ0) is 23.4. The molecule has 0 unspecified atom stereocenters. The second-order valence-corrected chi connectivity index (χ2v) is 19.8. The highest BCUT2D eigenvalue weighted by atomic mass is 28.4. The zero-order valence-corrected chi connectivity index (χ0v) is 23.0. The lowest BCUT2D eigenvalue weighted by atomic mass is 9.81. The van der Waals surface area contributed by atoms with E-state index in [-0.39, 0.29) is 22.7 Å². The number of Topliss-reactive ketones (excluding diaryl/α,β-unsaturated/α-hetero) is 1. The van der Waals surface area contributed by atoms with E-state index in [1.165, 1.54) is 5.19 Å². The lowest BCUT2D eigenvalue weighted by molar-refractivity contribution is -0.119. The highest BCUT2D eigenvalue weighted by molar-refractivity contribution is 6.84. The van der Waals surface area contributed by atoms with Crippen molar-refractivity contribution in [3.05, 3.63) is 54.5 Å². The molecule has 1 aliphatic rings. The Labute approximate surface area is 192 Å². The molecule has 1 aromatic rings. The minimum Gasteiger partial charge on any atom is -0.549 e. The van der Waals surface area contributed by atoms with Gasteiger partial charge in [0.25, 0.3) is 8.32 Å². The van der Waals surface area contributed by atoms with E-state index in [4.69, 9.17) is 8.85 Å². The molecule has 3 nitrogen and oxygen atoms in total. The Kier molecular flexibility index (Phi) is 8.20. The Morgan fingerprint density at radius 1 is 1.06 bits per heavy atom. The van der Waals surface area contributed by atoms with E-state index < -0.39 is 16.6 Å². The highest BCUT2D eigenvalue weighted by Gasteiger charge is 2.38. The third-order valence-electron chi connectivity index (χ3n) is 6.89. The van der Waals surface area contributed by atoms with Gasteiger partial charge in [-0.05, 0) is 60.4 Å². The maximum atomic E-state index is 12.8. The fourth-order valence-corrected chi connectivity index (χ4v) is 6.40. The number of ketones is 1. The monoisotopic (exact) mass is 458 g/mol. The molecule has 0 N–H and O–H groups in total. The molecular weight excluding hydrogens is 416 g/mol. The second kappa shape index (κ2) is 9.91. The molecule has 0 saturated carbocycles. The van der Waals surface area contributed by atoms with Crippen LogP contribution in [0.15, 0.2) is 54.5 Å².